The van der Waals surface area contributed by atoms with Gasteiger partial charge in [0.25, 0.3) is 5.56 Å². The number of para-hydroxylation sites is 1. The summed E-state index contributed by atoms with van der Waals surface area (Å²) in [5.74, 6) is 0.0255. The summed E-state index contributed by atoms with van der Waals surface area (Å²) in [6.45, 7) is -0.188. The van der Waals surface area contributed by atoms with Gasteiger partial charge >= 0.3 is 0 Å². The minimum atomic E-state index is -0.329. The first kappa shape index (κ1) is 20.6. The second kappa shape index (κ2) is 8.62. The van der Waals surface area contributed by atoms with Crippen LogP contribution in [-0.2, 0) is 11.3 Å². The lowest BCUT2D eigenvalue weighted by molar-refractivity contribution is -0.116. The van der Waals surface area contributed by atoms with E-state index in [1.165, 1.54) is 4.57 Å². The monoisotopic (exact) mass is 432 g/mol. The van der Waals surface area contributed by atoms with E-state index in [1.807, 2.05) is 55.4 Å². The number of rotatable bonds is 5. The van der Waals surface area contributed by atoms with Crippen molar-refractivity contribution in [2.45, 2.75) is 6.54 Å². The van der Waals surface area contributed by atoms with E-state index in [0.29, 0.717) is 33.0 Å². The average Bonchev–Trinajstić information content (AvgIpc) is 2.76. The predicted molar refractivity (Wildman–Crippen MR) is 126 cm³/mol. The van der Waals surface area contributed by atoms with Gasteiger partial charge in [-0.3, -0.25) is 14.2 Å². The number of benzene rings is 3. The summed E-state index contributed by atoms with van der Waals surface area (Å²) >= 11 is 6.38. The van der Waals surface area contributed by atoms with Gasteiger partial charge in [-0.2, -0.15) is 0 Å². The number of aromatic nitrogens is 2. The molecule has 0 saturated heterocycles. The molecule has 1 heterocycles. The Labute approximate surface area is 184 Å². The summed E-state index contributed by atoms with van der Waals surface area (Å²) in [6.07, 6.45) is 0. The van der Waals surface area contributed by atoms with Crippen LogP contribution in [-0.4, -0.2) is 29.6 Å². The Bertz CT molecular complexity index is 1310. The number of hydrogen-bond donors (Lipinski definition) is 1. The minimum absolute atomic E-state index is 0.188. The van der Waals surface area contributed by atoms with Crippen LogP contribution in [0.25, 0.3) is 22.3 Å². The Kier molecular flexibility index (Phi) is 5.73. The van der Waals surface area contributed by atoms with Crippen molar-refractivity contribution in [3.8, 4) is 11.4 Å². The maximum atomic E-state index is 13.2. The average molecular weight is 433 g/mol. The van der Waals surface area contributed by atoms with Crippen molar-refractivity contribution in [1.29, 1.82) is 0 Å². The smallest absolute Gasteiger partial charge is 0.262 e. The first-order valence-corrected chi connectivity index (χ1v) is 10.1. The summed E-state index contributed by atoms with van der Waals surface area (Å²) in [5.41, 5.74) is 2.53. The molecule has 0 aliphatic heterocycles. The molecular formula is C24H21ClN4O2. The lowest BCUT2D eigenvalue weighted by Gasteiger charge is -2.15. The molecule has 3 aromatic carbocycles. The molecule has 1 aromatic heterocycles. The van der Waals surface area contributed by atoms with Gasteiger partial charge in [0.05, 0.1) is 15.9 Å². The van der Waals surface area contributed by atoms with E-state index in [9.17, 15) is 9.59 Å². The van der Waals surface area contributed by atoms with Gasteiger partial charge in [0.15, 0.2) is 0 Å². The topological polar surface area (TPSA) is 67.2 Å². The van der Waals surface area contributed by atoms with E-state index in [2.05, 4.69) is 10.3 Å². The number of carbonyl (C=O) groups is 1. The number of hydrogen-bond acceptors (Lipinski definition) is 4. The zero-order chi connectivity index (χ0) is 22.0. The first-order chi connectivity index (χ1) is 14.9. The van der Waals surface area contributed by atoms with E-state index < -0.39 is 0 Å². The first-order valence-electron chi connectivity index (χ1n) is 9.76. The lowest BCUT2D eigenvalue weighted by atomic mass is 10.1. The number of nitrogens with one attached hydrogen (secondary N) is 1. The molecule has 0 saturated carbocycles. The van der Waals surface area contributed by atoms with E-state index in [1.54, 1.807) is 36.4 Å². The Morgan fingerprint density at radius 2 is 1.68 bits per heavy atom. The van der Waals surface area contributed by atoms with Crippen LogP contribution < -0.4 is 15.8 Å². The fraction of sp³-hybridized carbons (Fsp3) is 0.125. The van der Waals surface area contributed by atoms with Crippen LogP contribution in [0.3, 0.4) is 0 Å². The number of amides is 1. The highest BCUT2D eigenvalue weighted by molar-refractivity contribution is 6.33. The molecule has 0 fully saturated rings. The van der Waals surface area contributed by atoms with Gasteiger partial charge in [-0.05, 0) is 48.5 Å². The standard InChI is InChI=1S/C24H21ClN4O2/c1-28(2)17-13-11-16(12-14-17)26-22(30)15-29-23(18-7-3-5-9-20(18)25)27-21-10-6-4-8-19(21)24(29)31/h3-14H,15H2,1-2H3,(H,26,30). The number of fused-ring (bicyclic) bond motifs is 1. The van der Waals surface area contributed by atoms with E-state index >= 15 is 0 Å². The van der Waals surface area contributed by atoms with E-state index in [4.69, 9.17) is 11.6 Å². The third-order valence-corrected chi connectivity index (χ3v) is 5.28. The number of nitrogens with zero attached hydrogens (tertiary/aromatic N) is 3. The van der Waals surface area contributed by atoms with Crippen molar-refractivity contribution in [1.82, 2.24) is 9.55 Å². The second-order valence-corrected chi connectivity index (χ2v) is 7.72. The van der Waals surface area contributed by atoms with Gasteiger partial charge in [0, 0.05) is 31.0 Å². The van der Waals surface area contributed by atoms with Crippen LogP contribution in [0.2, 0.25) is 5.02 Å². The zero-order valence-corrected chi connectivity index (χ0v) is 17.9. The molecule has 0 radical (unpaired) electrons. The van der Waals surface area contributed by atoms with E-state index in [-0.39, 0.29) is 18.0 Å². The van der Waals surface area contributed by atoms with Gasteiger partial charge in [-0.15, -0.1) is 0 Å². The summed E-state index contributed by atoms with van der Waals surface area (Å²) in [7, 11) is 3.89. The normalized spacial score (nSPS) is 10.8. The van der Waals surface area contributed by atoms with Crippen LogP contribution in [0.4, 0.5) is 11.4 Å². The lowest BCUT2D eigenvalue weighted by Crippen LogP contribution is -2.30. The number of anilines is 2. The molecule has 0 aliphatic rings. The zero-order valence-electron chi connectivity index (χ0n) is 17.2. The number of carbonyl (C=O) groups excluding carboxylic acids is 1. The van der Waals surface area contributed by atoms with Crippen LogP contribution in [0.1, 0.15) is 0 Å². The molecule has 0 bridgehead atoms. The minimum Gasteiger partial charge on any atom is -0.378 e. The molecule has 31 heavy (non-hydrogen) atoms. The molecule has 0 aliphatic carbocycles. The van der Waals surface area contributed by atoms with Crippen molar-refractivity contribution >= 4 is 39.8 Å². The summed E-state index contributed by atoms with van der Waals surface area (Å²) in [5, 5.41) is 3.75. The van der Waals surface area contributed by atoms with Crippen molar-refractivity contribution in [2.75, 3.05) is 24.3 Å². The second-order valence-electron chi connectivity index (χ2n) is 7.31. The van der Waals surface area contributed by atoms with Crippen LogP contribution in [0.5, 0.6) is 0 Å². The highest BCUT2D eigenvalue weighted by atomic mass is 35.5. The third-order valence-electron chi connectivity index (χ3n) is 4.95. The molecule has 4 rings (SSSR count). The van der Waals surface area contributed by atoms with Crippen molar-refractivity contribution in [3.05, 3.63) is 88.2 Å². The molecular weight excluding hydrogens is 412 g/mol. The van der Waals surface area contributed by atoms with Gasteiger partial charge in [-0.25, -0.2) is 4.98 Å². The summed E-state index contributed by atoms with van der Waals surface area (Å²) in [4.78, 5) is 32.7. The van der Waals surface area contributed by atoms with Gasteiger partial charge in [0.1, 0.15) is 12.4 Å². The quantitative estimate of drug-likeness (QED) is 0.507. The summed E-state index contributed by atoms with van der Waals surface area (Å²) < 4.78 is 1.37. The van der Waals surface area contributed by atoms with E-state index in [0.717, 1.165) is 5.69 Å². The fourth-order valence-electron chi connectivity index (χ4n) is 3.35. The molecule has 0 atom stereocenters. The molecule has 0 unspecified atom stereocenters. The Balaban J connectivity index is 1.73. The van der Waals surface area contributed by atoms with Crippen LogP contribution in [0, 0.1) is 0 Å². The van der Waals surface area contributed by atoms with Gasteiger partial charge in [0.2, 0.25) is 5.91 Å². The van der Waals surface area contributed by atoms with Crippen molar-refractivity contribution in [2.24, 2.45) is 0 Å². The predicted octanol–water partition coefficient (Wildman–Crippen LogP) is 4.42. The highest BCUT2D eigenvalue weighted by Crippen LogP contribution is 2.26. The summed E-state index contributed by atoms with van der Waals surface area (Å²) in [6, 6.07) is 21.7. The van der Waals surface area contributed by atoms with Crippen molar-refractivity contribution in [3.63, 3.8) is 0 Å². The molecule has 1 N–H and O–H groups in total. The molecule has 0 spiro atoms. The maximum absolute atomic E-state index is 13.2. The molecule has 4 aromatic rings. The fourth-order valence-corrected chi connectivity index (χ4v) is 3.57. The molecule has 6 nitrogen and oxygen atoms in total. The highest BCUT2D eigenvalue weighted by Gasteiger charge is 2.17. The Morgan fingerprint density at radius 3 is 2.39 bits per heavy atom. The Morgan fingerprint density at radius 1 is 1.00 bits per heavy atom. The third kappa shape index (κ3) is 4.29. The van der Waals surface area contributed by atoms with Crippen molar-refractivity contribution < 1.29 is 4.79 Å². The Hall–Kier alpha value is -3.64. The maximum Gasteiger partial charge on any atom is 0.262 e. The van der Waals surface area contributed by atoms with Gasteiger partial charge in [-0.1, -0.05) is 35.9 Å². The molecule has 156 valence electrons. The van der Waals surface area contributed by atoms with Crippen LogP contribution >= 0.6 is 11.6 Å². The van der Waals surface area contributed by atoms with Crippen LogP contribution in [0.15, 0.2) is 77.6 Å². The molecule has 7 heteroatoms. The number of halogens is 1. The SMILES string of the molecule is CN(C)c1ccc(NC(=O)Cn2c(-c3ccccc3Cl)nc3ccccc3c2=O)cc1. The molecule has 1 amide bonds. The van der Waals surface area contributed by atoms with Gasteiger partial charge < -0.3 is 10.2 Å². The largest absolute Gasteiger partial charge is 0.378 e.